The Balaban J connectivity index is 1.11. The molecule has 0 aliphatic carbocycles. The number of phenolic OH excluding ortho intramolecular Hbond substituents is 2. The van der Waals surface area contributed by atoms with Crippen LogP contribution in [0.25, 0.3) is 0 Å². The predicted molar refractivity (Wildman–Crippen MR) is 250 cm³/mol. The number of hydrogen-bond acceptors (Lipinski definition) is 31. The summed E-state index contributed by atoms with van der Waals surface area (Å²) in [5, 5.41) is 133. The number of nitrogen functional groups attached to an aromatic ring is 2. The van der Waals surface area contributed by atoms with Gasteiger partial charge in [0.05, 0.1) is 70.1 Å². The van der Waals surface area contributed by atoms with E-state index in [2.05, 4.69) is 10.6 Å². The van der Waals surface area contributed by atoms with Gasteiger partial charge in [-0.1, -0.05) is 0 Å². The first-order valence-electron chi connectivity index (χ1n) is 23.9. The zero-order chi connectivity index (χ0) is 56.4. The molecule has 2 aromatic carbocycles. The van der Waals surface area contributed by atoms with Crippen LogP contribution < -0.4 is 22.1 Å². The summed E-state index contributed by atoms with van der Waals surface area (Å²) in [5.74, 6) is -9.60. The van der Waals surface area contributed by atoms with Gasteiger partial charge in [-0.15, -0.1) is 0 Å². The minimum absolute atomic E-state index is 0.0950. The summed E-state index contributed by atoms with van der Waals surface area (Å²) in [6.45, 7) is -5.79. The molecular weight excluding hydrogens is 1040 g/mol. The Kier molecular flexibility index (Phi) is 21.8. The van der Waals surface area contributed by atoms with Gasteiger partial charge in [0, 0.05) is 35.2 Å². The van der Waals surface area contributed by atoms with E-state index in [4.69, 9.17) is 63.6 Å². The Morgan fingerprint density at radius 1 is 0.519 bits per heavy atom. The van der Waals surface area contributed by atoms with E-state index >= 15 is 0 Å². The van der Waals surface area contributed by atoms with E-state index in [9.17, 15) is 80.5 Å². The average Bonchev–Trinajstić information content (AvgIpc) is 3.41. The molecule has 4 saturated heterocycles. The van der Waals surface area contributed by atoms with E-state index in [0.29, 0.717) is 0 Å². The summed E-state index contributed by atoms with van der Waals surface area (Å²) in [5.41, 5.74) is 10.8. The van der Waals surface area contributed by atoms with E-state index in [1.807, 2.05) is 0 Å². The fourth-order valence-electron chi connectivity index (χ4n) is 9.23. The lowest BCUT2D eigenvalue weighted by Gasteiger charge is -2.46. The molecule has 0 amide bonds. The Labute approximate surface area is 437 Å². The molecule has 20 atom stereocenters. The molecule has 31 nitrogen and oxygen atoms in total. The molecule has 432 valence electrons. The summed E-state index contributed by atoms with van der Waals surface area (Å²) in [4.78, 5) is 51.9. The van der Waals surface area contributed by atoms with Gasteiger partial charge >= 0.3 is 23.9 Å². The number of aliphatic hydroxyl groups excluding tert-OH is 10. The summed E-state index contributed by atoms with van der Waals surface area (Å²) >= 11 is 0. The third kappa shape index (κ3) is 14.3. The number of carbonyl (C=O) groups excluding carboxylic acids is 4. The second-order valence-corrected chi connectivity index (χ2v) is 18.3. The van der Waals surface area contributed by atoms with Crippen molar-refractivity contribution in [3.8, 4) is 11.5 Å². The third-order valence-electron chi connectivity index (χ3n) is 13.5. The van der Waals surface area contributed by atoms with E-state index in [1.165, 1.54) is 26.2 Å². The van der Waals surface area contributed by atoms with Crippen LogP contribution in [0.5, 0.6) is 11.5 Å². The zero-order valence-electron chi connectivity index (χ0n) is 41.3. The number of anilines is 2. The molecule has 4 heterocycles. The molecule has 4 aliphatic rings. The molecule has 0 aromatic heterocycles. The number of esters is 4. The first-order chi connectivity index (χ1) is 36.6. The van der Waals surface area contributed by atoms with Crippen molar-refractivity contribution in [3.05, 3.63) is 47.5 Å². The number of likely N-dealkylation sites (N-methyl/N-ethyl adjacent to an activating group) is 2. The zero-order valence-corrected chi connectivity index (χ0v) is 41.3. The van der Waals surface area contributed by atoms with Crippen molar-refractivity contribution >= 4 is 35.3 Å². The predicted octanol–water partition coefficient (Wildman–Crippen LogP) is -7.20. The van der Waals surface area contributed by atoms with E-state index in [-0.39, 0.29) is 22.5 Å². The van der Waals surface area contributed by atoms with Crippen molar-refractivity contribution in [1.29, 1.82) is 0 Å². The number of phenols is 2. The molecule has 0 spiro atoms. The van der Waals surface area contributed by atoms with Gasteiger partial charge in [0.15, 0.2) is 31.1 Å². The van der Waals surface area contributed by atoms with Crippen LogP contribution in [-0.4, -0.2) is 257 Å². The second-order valence-electron chi connectivity index (χ2n) is 18.3. The molecule has 6 rings (SSSR count). The van der Waals surface area contributed by atoms with Gasteiger partial charge in [0.1, 0.15) is 59.2 Å². The number of nitrogens with two attached hydrogens (primary N) is 2. The minimum atomic E-state index is -2.10. The maximum absolute atomic E-state index is 13.8. The van der Waals surface area contributed by atoms with Crippen molar-refractivity contribution in [2.75, 3.05) is 78.8 Å². The lowest BCUT2D eigenvalue weighted by Crippen LogP contribution is -2.64. The van der Waals surface area contributed by atoms with E-state index < -0.39 is 211 Å². The van der Waals surface area contributed by atoms with Gasteiger partial charge in [-0.25, -0.2) is 19.2 Å². The molecule has 0 bridgehead atoms. The number of hydrogen-bond donors (Lipinski definition) is 16. The maximum atomic E-state index is 13.8. The smallest absolute Gasteiger partial charge is 0.344 e. The highest BCUT2D eigenvalue weighted by Crippen LogP contribution is 2.34. The highest BCUT2D eigenvalue weighted by Gasteiger charge is 2.53. The molecule has 0 radical (unpaired) electrons. The van der Waals surface area contributed by atoms with E-state index in [0.717, 1.165) is 24.3 Å². The number of carbonyl (C=O) groups is 4. The fourth-order valence-corrected chi connectivity index (χ4v) is 9.23. The third-order valence-corrected chi connectivity index (χ3v) is 13.5. The Morgan fingerprint density at radius 3 is 1.49 bits per heavy atom. The largest absolute Gasteiger partial charge is 0.507 e. The summed E-state index contributed by atoms with van der Waals surface area (Å²) in [7, 11) is 2.89. The number of nitrogens with one attached hydrogen (secondary N) is 2. The van der Waals surface area contributed by atoms with Crippen LogP contribution in [0.1, 0.15) is 20.7 Å². The van der Waals surface area contributed by atoms with Crippen molar-refractivity contribution in [2.45, 2.75) is 104 Å². The van der Waals surface area contributed by atoms with E-state index in [1.54, 1.807) is 0 Å². The molecule has 4 aliphatic heterocycles. The van der Waals surface area contributed by atoms with Gasteiger partial charge in [-0.05, 0) is 50.5 Å². The Hall–Kier alpha value is -5.24. The molecule has 31 heteroatoms. The first kappa shape index (κ1) is 61.0. The van der Waals surface area contributed by atoms with Crippen molar-refractivity contribution < 1.29 is 133 Å². The molecule has 0 saturated carbocycles. The van der Waals surface area contributed by atoms with Crippen LogP contribution in [-0.2, 0) is 61.7 Å². The van der Waals surface area contributed by atoms with Crippen LogP contribution in [0, 0.1) is 17.8 Å². The molecule has 4 fully saturated rings. The van der Waals surface area contributed by atoms with Crippen LogP contribution >= 0.6 is 0 Å². The summed E-state index contributed by atoms with van der Waals surface area (Å²) in [6.07, 6.45) is -25.9. The maximum Gasteiger partial charge on any atom is 0.344 e. The van der Waals surface area contributed by atoms with Crippen molar-refractivity contribution in [3.63, 3.8) is 0 Å². The van der Waals surface area contributed by atoms with Gasteiger partial charge in [-0.3, -0.25) is 0 Å². The SMILES string of the molecule is CNC1[C@H](O)OC(CO)[C@H](O)[C@@H]1CO[C@@H]1OC(C(=O)OCOC(=O)c2cc(N)ccc2O)[C@H](COC[C@@H]2OC(CO)[C@H](O)[C@H](CO[C@@H]3OC(C(=O)OCOC(=O)c4cc(N)ccc4O)[C@H](O)[C@H](O)C3O)C2NC)[C@H](O)C1O. The lowest BCUT2D eigenvalue weighted by molar-refractivity contribution is -0.305. The second kappa shape index (κ2) is 27.6. The molecule has 8 unspecified atom stereocenters. The molecule has 2 aromatic rings. The van der Waals surface area contributed by atoms with Crippen LogP contribution in [0.2, 0.25) is 0 Å². The average molecular weight is 1110 g/mol. The highest BCUT2D eigenvalue weighted by atomic mass is 16.7. The van der Waals surface area contributed by atoms with Crippen molar-refractivity contribution in [1.82, 2.24) is 10.6 Å². The fraction of sp³-hybridized carbons (Fsp3) is 0.652. The van der Waals surface area contributed by atoms with Crippen LogP contribution in [0.4, 0.5) is 11.4 Å². The monoisotopic (exact) mass is 1110 g/mol. The number of rotatable bonds is 22. The standard InChI is InChI=1S/C46H66N4O27/c1-49-29-21(12-68-46-37(61)34(58)35(59)39(77-46)44(66)73-16-71-41(63)20-8-18(48)4-6-25(20)54)31(55)26(9-51)74-28(29)14-67-11-23-33(57)36(60)45(69-13-22-30(50-2)42(64)75-27(10-52)32(22)56)76-38(23)43(65)72-15-70-40(62)19-7-17(47)3-5-24(19)53/h3-8,21-23,26-39,42,45-46,49-61,64H,9-16,47-48H2,1-2H3/t21-,22-,23-,26?,27?,28+,29?,30?,31-,32-,33+,34+,35-,36?,37?,38?,39?,42-,45-,46-/m1/s1. The molecule has 18 N–H and O–H groups in total. The highest BCUT2D eigenvalue weighted by molar-refractivity contribution is 5.94. The quantitative estimate of drug-likeness (QED) is 0.0225. The number of aromatic hydroxyl groups is 2. The number of benzene rings is 2. The summed E-state index contributed by atoms with van der Waals surface area (Å²) < 4.78 is 60.0. The van der Waals surface area contributed by atoms with Crippen LogP contribution in [0.15, 0.2) is 36.4 Å². The van der Waals surface area contributed by atoms with Crippen molar-refractivity contribution in [2.24, 2.45) is 17.8 Å². The number of ether oxygens (including phenoxy) is 11. The Bertz CT molecular complexity index is 2290. The lowest BCUT2D eigenvalue weighted by atomic mass is 9.84. The van der Waals surface area contributed by atoms with Gasteiger partial charge in [0.2, 0.25) is 13.6 Å². The molecule has 77 heavy (non-hydrogen) atoms. The number of aliphatic hydroxyl groups is 10. The van der Waals surface area contributed by atoms with Gasteiger partial charge in [0.25, 0.3) is 0 Å². The molecular formula is C46H66N4O27. The van der Waals surface area contributed by atoms with Gasteiger partial charge in [-0.2, -0.15) is 0 Å². The normalized spacial score (nSPS) is 35.4. The Morgan fingerprint density at radius 2 is 0.987 bits per heavy atom. The topological polar surface area (TPSA) is 489 Å². The summed E-state index contributed by atoms with van der Waals surface area (Å²) in [6, 6.07) is 5.13. The van der Waals surface area contributed by atoms with Crippen LogP contribution in [0.3, 0.4) is 0 Å². The van der Waals surface area contributed by atoms with Gasteiger partial charge < -0.3 is 135 Å². The first-order valence-corrected chi connectivity index (χ1v) is 23.9. The minimum Gasteiger partial charge on any atom is -0.507 e.